The molecule has 1 heterocycles. The van der Waals surface area contributed by atoms with Gasteiger partial charge in [-0.15, -0.1) is 0 Å². The Labute approximate surface area is 107 Å². The lowest BCUT2D eigenvalue weighted by Gasteiger charge is -2.17. The molecule has 0 radical (unpaired) electrons. The molecular weight excluding hydrogens is 230 g/mol. The van der Waals surface area contributed by atoms with E-state index in [2.05, 4.69) is 0 Å². The molecule has 0 amide bonds. The van der Waals surface area contributed by atoms with E-state index < -0.39 is 6.10 Å². The van der Waals surface area contributed by atoms with Crippen molar-refractivity contribution in [1.29, 1.82) is 0 Å². The Bertz CT molecular complexity index is 443. The smallest absolute Gasteiger partial charge is 0.176 e. The Kier molecular flexibility index (Phi) is 3.99. The number of likely N-dealkylation sites (N-methyl/N-ethyl adjacent to an activating group) is 1. The van der Waals surface area contributed by atoms with Crippen molar-refractivity contribution in [2.45, 2.75) is 19.4 Å². The summed E-state index contributed by atoms with van der Waals surface area (Å²) in [5.41, 5.74) is 1.83. The molecule has 18 heavy (non-hydrogen) atoms. The van der Waals surface area contributed by atoms with Gasteiger partial charge in [0, 0.05) is 18.5 Å². The molecule has 0 fully saturated rings. The van der Waals surface area contributed by atoms with E-state index in [1.165, 1.54) is 0 Å². The third kappa shape index (κ3) is 3.09. The maximum atomic E-state index is 12.1. The number of ether oxygens (including phenoxy) is 1. The van der Waals surface area contributed by atoms with Gasteiger partial charge in [-0.2, -0.15) is 0 Å². The first-order valence-electron chi connectivity index (χ1n) is 6.22. The third-order valence-electron chi connectivity index (χ3n) is 3.00. The highest BCUT2D eigenvalue weighted by molar-refractivity contribution is 5.98. The first kappa shape index (κ1) is 13.1. The second-order valence-electron chi connectivity index (χ2n) is 4.89. The van der Waals surface area contributed by atoms with Crippen LogP contribution in [0.4, 0.5) is 0 Å². The van der Waals surface area contributed by atoms with Crippen molar-refractivity contribution in [1.82, 2.24) is 4.90 Å². The van der Waals surface area contributed by atoms with E-state index in [-0.39, 0.29) is 5.78 Å². The number of hydrogen-bond donors (Lipinski definition) is 1. The average Bonchev–Trinajstić information content (AvgIpc) is 2.74. The molecule has 1 atom stereocenters. The van der Waals surface area contributed by atoms with E-state index >= 15 is 0 Å². The largest absolute Gasteiger partial charge is 0.493 e. The molecular formula is C14H19NO3. The van der Waals surface area contributed by atoms with Gasteiger partial charge < -0.3 is 9.84 Å². The number of aliphatic hydroxyl groups is 1. The summed E-state index contributed by atoms with van der Waals surface area (Å²) in [5, 5.41) is 9.26. The number of Topliss-reactive ketones (excluding diaryl/α,β-unsaturated/α-hetero) is 1. The standard InChI is InChI=1S/C14H19NO3/c1-10(16)8-15(2)9-13(17)11-3-4-14-12(7-11)5-6-18-14/h3-4,7,10,16H,5-6,8-9H2,1-2H3. The quantitative estimate of drug-likeness (QED) is 0.794. The predicted octanol–water partition coefficient (Wildman–Crippen LogP) is 1.12. The molecule has 1 unspecified atom stereocenters. The fourth-order valence-electron chi connectivity index (χ4n) is 2.21. The number of aliphatic hydroxyl groups excluding tert-OH is 1. The number of carbonyl (C=O) groups is 1. The van der Waals surface area contributed by atoms with Gasteiger partial charge >= 0.3 is 0 Å². The molecule has 0 bridgehead atoms. The van der Waals surface area contributed by atoms with E-state index in [4.69, 9.17) is 4.74 Å². The fourth-order valence-corrected chi connectivity index (χ4v) is 2.21. The monoisotopic (exact) mass is 249 g/mol. The number of nitrogens with zero attached hydrogens (tertiary/aromatic N) is 1. The Morgan fingerprint density at radius 3 is 3.06 bits per heavy atom. The predicted molar refractivity (Wildman–Crippen MR) is 69.1 cm³/mol. The molecule has 0 spiro atoms. The van der Waals surface area contributed by atoms with E-state index in [1.54, 1.807) is 6.92 Å². The van der Waals surface area contributed by atoms with Gasteiger partial charge in [0.2, 0.25) is 0 Å². The fraction of sp³-hybridized carbons (Fsp3) is 0.500. The minimum absolute atomic E-state index is 0.0767. The Morgan fingerprint density at radius 1 is 1.56 bits per heavy atom. The van der Waals surface area contributed by atoms with Gasteiger partial charge in [0.25, 0.3) is 0 Å². The topological polar surface area (TPSA) is 49.8 Å². The Hall–Kier alpha value is -1.39. The average molecular weight is 249 g/mol. The van der Waals surface area contributed by atoms with Crippen LogP contribution < -0.4 is 4.74 Å². The zero-order valence-corrected chi connectivity index (χ0v) is 10.8. The molecule has 2 rings (SSSR count). The summed E-state index contributed by atoms with van der Waals surface area (Å²) < 4.78 is 5.41. The van der Waals surface area contributed by atoms with E-state index in [0.717, 1.165) is 23.3 Å². The van der Waals surface area contributed by atoms with Gasteiger partial charge in [-0.3, -0.25) is 9.69 Å². The highest BCUT2D eigenvalue weighted by atomic mass is 16.5. The number of ketones is 1. The zero-order chi connectivity index (χ0) is 13.1. The van der Waals surface area contributed by atoms with E-state index in [1.807, 2.05) is 30.1 Å². The second-order valence-corrected chi connectivity index (χ2v) is 4.89. The van der Waals surface area contributed by atoms with Gasteiger partial charge in [-0.05, 0) is 37.7 Å². The molecule has 4 heteroatoms. The summed E-state index contributed by atoms with van der Waals surface area (Å²) >= 11 is 0. The lowest BCUT2D eigenvalue weighted by atomic mass is 10.1. The van der Waals surface area contributed by atoms with Crippen LogP contribution in [0.25, 0.3) is 0 Å². The SMILES string of the molecule is CC(O)CN(C)CC(=O)c1ccc2c(c1)CCO2. The van der Waals surface area contributed by atoms with Crippen LogP contribution in [0.1, 0.15) is 22.8 Å². The highest BCUT2D eigenvalue weighted by Crippen LogP contribution is 2.25. The molecule has 4 nitrogen and oxygen atoms in total. The van der Waals surface area contributed by atoms with Crippen molar-refractivity contribution in [3.05, 3.63) is 29.3 Å². The van der Waals surface area contributed by atoms with Gasteiger partial charge in [-0.25, -0.2) is 0 Å². The van der Waals surface area contributed by atoms with Crippen LogP contribution in [0.5, 0.6) is 5.75 Å². The maximum absolute atomic E-state index is 12.1. The van der Waals surface area contributed by atoms with Crippen molar-refractivity contribution in [3.8, 4) is 5.75 Å². The molecule has 0 aromatic heterocycles. The van der Waals surface area contributed by atoms with Crippen molar-refractivity contribution in [2.24, 2.45) is 0 Å². The lowest BCUT2D eigenvalue weighted by Crippen LogP contribution is -2.32. The summed E-state index contributed by atoms with van der Waals surface area (Å²) in [4.78, 5) is 13.9. The van der Waals surface area contributed by atoms with Crippen LogP contribution in [0.2, 0.25) is 0 Å². The molecule has 1 aliphatic heterocycles. The van der Waals surface area contributed by atoms with E-state index in [0.29, 0.717) is 19.7 Å². The first-order valence-corrected chi connectivity index (χ1v) is 6.22. The normalized spacial score (nSPS) is 15.3. The molecule has 0 saturated heterocycles. The molecule has 1 aromatic rings. The second kappa shape index (κ2) is 5.50. The van der Waals surface area contributed by atoms with Crippen molar-refractivity contribution >= 4 is 5.78 Å². The first-order chi connectivity index (χ1) is 8.56. The summed E-state index contributed by atoms with van der Waals surface area (Å²) in [6, 6.07) is 5.59. The summed E-state index contributed by atoms with van der Waals surface area (Å²) in [6.07, 6.45) is 0.455. The summed E-state index contributed by atoms with van der Waals surface area (Å²) in [5.74, 6) is 0.969. The number of carbonyl (C=O) groups excluding carboxylic acids is 1. The molecule has 1 N–H and O–H groups in total. The maximum Gasteiger partial charge on any atom is 0.176 e. The number of rotatable bonds is 5. The van der Waals surface area contributed by atoms with Crippen molar-refractivity contribution in [3.63, 3.8) is 0 Å². The molecule has 0 saturated carbocycles. The van der Waals surface area contributed by atoms with Gasteiger partial charge in [0.1, 0.15) is 5.75 Å². The Balaban J connectivity index is 2.01. The van der Waals surface area contributed by atoms with Crippen LogP contribution in [-0.4, -0.2) is 48.6 Å². The van der Waals surface area contributed by atoms with Gasteiger partial charge in [0.05, 0.1) is 19.3 Å². The summed E-state index contributed by atoms with van der Waals surface area (Å²) in [7, 11) is 1.83. The number of hydrogen-bond acceptors (Lipinski definition) is 4. The number of fused-ring (bicyclic) bond motifs is 1. The van der Waals surface area contributed by atoms with Gasteiger partial charge in [-0.1, -0.05) is 0 Å². The van der Waals surface area contributed by atoms with Crippen LogP contribution in [0.15, 0.2) is 18.2 Å². The third-order valence-corrected chi connectivity index (χ3v) is 3.00. The van der Waals surface area contributed by atoms with Crippen LogP contribution >= 0.6 is 0 Å². The van der Waals surface area contributed by atoms with Gasteiger partial charge in [0.15, 0.2) is 5.78 Å². The molecule has 0 aliphatic carbocycles. The lowest BCUT2D eigenvalue weighted by molar-refractivity contribution is 0.0901. The molecule has 1 aliphatic rings. The van der Waals surface area contributed by atoms with E-state index in [9.17, 15) is 9.90 Å². The van der Waals surface area contributed by atoms with Crippen LogP contribution in [0.3, 0.4) is 0 Å². The number of benzene rings is 1. The van der Waals surface area contributed by atoms with Crippen molar-refractivity contribution in [2.75, 3.05) is 26.7 Å². The minimum Gasteiger partial charge on any atom is -0.493 e. The minimum atomic E-state index is -0.420. The summed E-state index contributed by atoms with van der Waals surface area (Å²) in [6.45, 7) is 3.24. The zero-order valence-electron chi connectivity index (χ0n) is 10.8. The van der Waals surface area contributed by atoms with Crippen molar-refractivity contribution < 1.29 is 14.6 Å². The Morgan fingerprint density at radius 2 is 2.33 bits per heavy atom. The molecule has 98 valence electrons. The van der Waals surface area contributed by atoms with Crippen LogP contribution in [-0.2, 0) is 6.42 Å². The van der Waals surface area contributed by atoms with Crippen LogP contribution in [0, 0.1) is 0 Å². The highest BCUT2D eigenvalue weighted by Gasteiger charge is 2.16. The molecule has 1 aromatic carbocycles.